The average Bonchev–Trinajstić information content (AvgIpc) is 2.67. The summed E-state index contributed by atoms with van der Waals surface area (Å²) in [6, 6.07) is 17.7. The maximum atomic E-state index is 12.5. The molecular weight excluding hydrogens is 356 g/mol. The lowest BCUT2D eigenvalue weighted by atomic mass is 10.1. The van der Waals surface area contributed by atoms with E-state index in [1.165, 1.54) is 16.0 Å². The van der Waals surface area contributed by atoms with Gasteiger partial charge < -0.3 is 10.1 Å². The molecule has 0 bridgehead atoms. The van der Waals surface area contributed by atoms with E-state index in [4.69, 9.17) is 4.74 Å². The lowest BCUT2D eigenvalue weighted by molar-refractivity contribution is 0.102. The van der Waals surface area contributed by atoms with Gasteiger partial charge in [-0.05, 0) is 80.4 Å². The van der Waals surface area contributed by atoms with Crippen LogP contribution in [0.3, 0.4) is 0 Å². The van der Waals surface area contributed by atoms with Gasteiger partial charge in [-0.25, -0.2) is 4.98 Å². The van der Waals surface area contributed by atoms with E-state index in [0.29, 0.717) is 18.1 Å². The van der Waals surface area contributed by atoms with E-state index in [-0.39, 0.29) is 5.91 Å². The summed E-state index contributed by atoms with van der Waals surface area (Å²) >= 11 is 1.70. The number of hydrogen-bond donors (Lipinski definition) is 1. The largest absolute Gasteiger partial charge is 0.477 e. The maximum Gasteiger partial charge on any atom is 0.261 e. The summed E-state index contributed by atoms with van der Waals surface area (Å²) in [5, 5.41) is 2.90. The summed E-state index contributed by atoms with van der Waals surface area (Å²) < 4.78 is 5.42. The Morgan fingerprint density at radius 1 is 1.04 bits per heavy atom. The summed E-state index contributed by atoms with van der Waals surface area (Å²) in [4.78, 5) is 19.0. The van der Waals surface area contributed by atoms with Crippen LogP contribution in [0.4, 0.5) is 5.69 Å². The molecule has 2 aromatic carbocycles. The molecule has 5 heteroatoms. The molecular formula is C22H22N2O2S. The van der Waals surface area contributed by atoms with E-state index in [0.717, 1.165) is 10.6 Å². The highest BCUT2D eigenvalue weighted by molar-refractivity contribution is 7.99. The fourth-order valence-electron chi connectivity index (χ4n) is 2.53. The highest BCUT2D eigenvalue weighted by atomic mass is 32.2. The SMILES string of the molecule is CCOc1ncccc1C(=O)Nc1ccc(Sc2ccc(C)c(C)c2)cc1. The quantitative estimate of drug-likeness (QED) is 0.615. The van der Waals surface area contributed by atoms with E-state index >= 15 is 0 Å². The Kier molecular flexibility index (Phi) is 6.14. The molecule has 0 spiro atoms. The molecule has 1 aromatic heterocycles. The van der Waals surface area contributed by atoms with Crippen molar-refractivity contribution in [3.63, 3.8) is 0 Å². The number of nitrogens with zero attached hydrogens (tertiary/aromatic N) is 1. The lowest BCUT2D eigenvalue weighted by Crippen LogP contribution is -2.14. The van der Waals surface area contributed by atoms with Crippen molar-refractivity contribution in [3.05, 3.63) is 77.5 Å². The number of hydrogen-bond acceptors (Lipinski definition) is 4. The molecule has 0 unspecified atom stereocenters. The Hall–Kier alpha value is -2.79. The molecule has 0 atom stereocenters. The first-order valence-electron chi connectivity index (χ1n) is 8.81. The van der Waals surface area contributed by atoms with Gasteiger partial charge in [-0.1, -0.05) is 17.8 Å². The molecule has 1 amide bonds. The van der Waals surface area contributed by atoms with Crippen LogP contribution in [0.2, 0.25) is 0 Å². The van der Waals surface area contributed by atoms with Gasteiger partial charge in [-0.15, -0.1) is 0 Å². The number of rotatable bonds is 6. The third kappa shape index (κ3) is 4.89. The smallest absolute Gasteiger partial charge is 0.261 e. The predicted octanol–water partition coefficient (Wildman–Crippen LogP) is 5.50. The van der Waals surface area contributed by atoms with Crippen molar-refractivity contribution in [2.75, 3.05) is 11.9 Å². The van der Waals surface area contributed by atoms with Crippen LogP contribution in [-0.4, -0.2) is 17.5 Å². The van der Waals surface area contributed by atoms with Gasteiger partial charge in [0.15, 0.2) is 0 Å². The van der Waals surface area contributed by atoms with Gasteiger partial charge >= 0.3 is 0 Å². The minimum atomic E-state index is -0.235. The first kappa shape index (κ1) is 19.0. The Morgan fingerprint density at radius 3 is 2.48 bits per heavy atom. The van der Waals surface area contributed by atoms with Crippen LogP contribution >= 0.6 is 11.8 Å². The van der Waals surface area contributed by atoms with Gasteiger partial charge in [-0.2, -0.15) is 0 Å². The van der Waals surface area contributed by atoms with Crippen LogP contribution in [0, 0.1) is 13.8 Å². The van der Waals surface area contributed by atoms with Gasteiger partial charge in [0, 0.05) is 21.7 Å². The average molecular weight is 378 g/mol. The van der Waals surface area contributed by atoms with Crippen molar-refractivity contribution >= 4 is 23.4 Å². The maximum absolute atomic E-state index is 12.5. The van der Waals surface area contributed by atoms with Gasteiger partial charge in [0.1, 0.15) is 5.56 Å². The summed E-state index contributed by atoms with van der Waals surface area (Å²) in [5.41, 5.74) is 3.73. The Balaban J connectivity index is 1.68. The van der Waals surface area contributed by atoms with Crippen molar-refractivity contribution in [3.8, 4) is 5.88 Å². The van der Waals surface area contributed by atoms with E-state index < -0.39 is 0 Å². The van der Waals surface area contributed by atoms with Gasteiger partial charge in [0.25, 0.3) is 5.91 Å². The molecule has 0 fully saturated rings. The molecule has 0 saturated carbocycles. The van der Waals surface area contributed by atoms with Crippen LogP contribution in [0.5, 0.6) is 5.88 Å². The van der Waals surface area contributed by atoms with Crippen molar-refractivity contribution in [1.82, 2.24) is 4.98 Å². The third-order valence-corrected chi connectivity index (χ3v) is 5.12. The van der Waals surface area contributed by atoms with E-state index in [2.05, 4.69) is 42.3 Å². The van der Waals surface area contributed by atoms with Crippen molar-refractivity contribution in [1.29, 1.82) is 0 Å². The molecule has 3 aromatic rings. The van der Waals surface area contributed by atoms with Crippen LogP contribution in [0.25, 0.3) is 0 Å². The van der Waals surface area contributed by atoms with Crippen molar-refractivity contribution in [2.45, 2.75) is 30.6 Å². The van der Waals surface area contributed by atoms with Crippen molar-refractivity contribution < 1.29 is 9.53 Å². The zero-order chi connectivity index (χ0) is 19.2. The number of pyridine rings is 1. The molecule has 4 nitrogen and oxygen atoms in total. The van der Waals surface area contributed by atoms with Crippen molar-refractivity contribution in [2.24, 2.45) is 0 Å². The number of ether oxygens (including phenoxy) is 1. The predicted molar refractivity (Wildman–Crippen MR) is 110 cm³/mol. The minimum absolute atomic E-state index is 0.235. The Morgan fingerprint density at radius 2 is 1.78 bits per heavy atom. The molecule has 0 aliphatic rings. The number of aromatic nitrogens is 1. The number of nitrogens with one attached hydrogen (secondary N) is 1. The second-order valence-electron chi connectivity index (χ2n) is 6.12. The fraction of sp³-hybridized carbons (Fsp3) is 0.182. The monoisotopic (exact) mass is 378 g/mol. The van der Waals surface area contributed by atoms with Crippen LogP contribution in [0.1, 0.15) is 28.4 Å². The summed E-state index contributed by atoms with van der Waals surface area (Å²) in [6.07, 6.45) is 1.61. The molecule has 27 heavy (non-hydrogen) atoms. The fourth-order valence-corrected chi connectivity index (χ4v) is 3.45. The van der Waals surface area contributed by atoms with E-state index in [1.54, 1.807) is 30.1 Å². The van der Waals surface area contributed by atoms with E-state index in [1.807, 2.05) is 31.2 Å². The topological polar surface area (TPSA) is 51.2 Å². The summed E-state index contributed by atoms with van der Waals surface area (Å²) in [7, 11) is 0. The number of carbonyl (C=O) groups is 1. The van der Waals surface area contributed by atoms with Crippen LogP contribution in [-0.2, 0) is 0 Å². The zero-order valence-corrected chi connectivity index (χ0v) is 16.5. The van der Waals surface area contributed by atoms with E-state index in [9.17, 15) is 4.79 Å². The molecule has 0 saturated heterocycles. The standard InChI is InChI=1S/C22H22N2O2S/c1-4-26-22-20(6-5-13-23-22)21(25)24-17-8-11-18(12-9-17)27-19-10-7-15(2)16(3)14-19/h5-14H,4H2,1-3H3,(H,24,25). The Labute approximate surface area is 164 Å². The molecule has 1 heterocycles. The molecule has 0 aliphatic carbocycles. The first-order chi connectivity index (χ1) is 13.1. The number of carbonyl (C=O) groups excluding carboxylic acids is 1. The minimum Gasteiger partial charge on any atom is -0.477 e. The lowest BCUT2D eigenvalue weighted by Gasteiger charge is -2.10. The molecule has 0 aliphatic heterocycles. The molecule has 138 valence electrons. The third-order valence-electron chi connectivity index (χ3n) is 4.12. The highest BCUT2D eigenvalue weighted by Gasteiger charge is 2.13. The van der Waals surface area contributed by atoms with Crippen LogP contribution < -0.4 is 10.1 Å². The van der Waals surface area contributed by atoms with Crippen LogP contribution in [0.15, 0.2) is 70.6 Å². The molecule has 3 rings (SSSR count). The zero-order valence-electron chi connectivity index (χ0n) is 15.7. The second-order valence-corrected chi connectivity index (χ2v) is 7.26. The normalized spacial score (nSPS) is 10.5. The summed E-state index contributed by atoms with van der Waals surface area (Å²) in [6.45, 7) is 6.55. The Bertz CT molecular complexity index is 939. The van der Waals surface area contributed by atoms with Gasteiger partial charge in [0.05, 0.1) is 6.61 Å². The molecule has 1 N–H and O–H groups in total. The number of amides is 1. The number of anilines is 1. The summed E-state index contributed by atoms with van der Waals surface area (Å²) in [5.74, 6) is 0.112. The molecule has 0 radical (unpaired) electrons. The first-order valence-corrected chi connectivity index (χ1v) is 9.63. The number of benzene rings is 2. The second kappa shape index (κ2) is 8.73. The number of aryl methyl sites for hydroxylation is 2. The highest BCUT2D eigenvalue weighted by Crippen LogP contribution is 2.30. The van der Waals surface area contributed by atoms with Gasteiger partial charge in [0.2, 0.25) is 5.88 Å². The van der Waals surface area contributed by atoms with Gasteiger partial charge in [-0.3, -0.25) is 4.79 Å².